The summed E-state index contributed by atoms with van der Waals surface area (Å²) in [6.07, 6.45) is 0.335. The first-order valence-electron chi connectivity index (χ1n) is 5.47. The number of carboxylic acid groups (broad SMARTS) is 1. The molecule has 0 bridgehead atoms. The van der Waals surface area contributed by atoms with Gasteiger partial charge in [0.25, 0.3) is 0 Å². The van der Waals surface area contributed by atoms with Crippen molar-refractivity contribution in [3.63, 3.8) is 0 Å². The number of hydrogen-bond donors (Lipinski definition) is 2. The van der Waals surface area contributed by atoms with Crippen molar-refractivity contribution >= 4 is 11.9 Å². The van der Waals surface area contributed by atoms with Crippen LogP contribution >= 0.6 is 0 Å². The van der Waals surface area contributed by atoms with Gasteiger partial charge in [-0.2, -0.15) is 5.26 Å². The van der Waals surface area contributed by atoms with Crippen LogP contribution < -0.4 is 10.6 Å². The molecule has 0 aliphatic carbocycles. The van der Waals surface area contributed by atoms with Gasteiger partial charge in [0.1, 0.15) is 17.3 Å². The molecule has 1 aliphatic heterocycles. The van der Waals surface area contributed by atoms with E-state index in [0.717, 1.165) is 0 Å². The third kappa shape index (κ3) is 2.10. The van der Waals surface area contributed by atoms with Crippen molar-refractivity contribution in [2.75, 3.05) is 18.0 Å². The molecule has 0 amide bonds. The summed E-state index contributed by atoms with van der Waals surface area (Å²) in [7, 11) is 0. The zero-order valence-corrected chi connectivity index (χ0v) is 9.92. The minimum Gasteiger partial charge on any atom is -0.480 e. The Morgan fingerprint density at radius 3 is 2.94 bits per heavy atom. The van der Waals surface area contributed by atoms with E-state index in [1.54, 1.807) is 17.9 Å². The van der Waals surface area contributed by atoms with Gasteiger partial charge < -0.3 is 15.7 Å². The number of nitrogens with two attached hydrogens (primary N) is 1. The monoisotopic (exact) mass is 247 g/mol. The van der Waals surface area contributed by atoms with Crippen LogP contribution in [0.3, 0.4) is 0 Å². The topological polar surface area (TPSA) is 116 Å². The van der Waals surface area contributed by atoms with Crippen molar-refractivity contribution in [3.8, 4) is 6.07 Å². The predicted octanol–water partition coefficient (Wildman–Crippen LogP) is -0.351. The number of nitrogens with zero attached hydrogens (tertiary/aromatic N) is 4. The maximum Gasteiger partial charge on any atom is 0.325 e. The zero-order valence-electron chi connectivity index (χ0n) is 9.92. The minimum atomic E-state index is -1.26. The molecule has 1 atom stereocenters. The van der Waals surface area contributed by atoms with E-state index in [-0.39, 0.29) is 12.2 Å². The van der Waals surface area contributed by atoms with Gasteiger partial charge in [0.2, 0.25) is 5.95 Å². The van der Waals surface area contributed by atoms with E-state index in [1.807, 2.05) is 6.07 Å². The van der Waals surface area contributed by atoms with E-state index in [4.69, 9.17) is 16.1 Å². The molecular formula is C11H13N5O2. The van der Waals surface area contributed by atoms with Crippen LogP contribution in [0, 0.1) is 18.3 Å². The van der Waals surface area contributed by atoms with Gasteiger partial charge in [-0.1, -0.05) is 0 Å². The van der Waals surface area contributed by atoms with Crippen molar-refractivity contribution in [3.05, 3.63) is 17.5 Å². The van der Waals surface area contributed by atoms with Gasteiger partial charge in [-0.3, -0.25) is 4.79 Å². The third-order valence-electron chi connectivity index (χ3n) is 2.97. The van der Waals surface area contributed by atoms with Crippen molar-refractivity contribution in [2.45, 2.75) is 18.9 Å². The Labute approximate surface area is 104 Å². The molecule has 1 aromatic rings. The average Bonchev–Trinajstić information content (AvgIpc) is 2.72. The van der Waals surface area contributed by atoms with Crippen LogP contribution in [0.5, 0.6) is 0 Å². The highest BCUT2D eigenvalue weighted by molar-refractivity contribution is 5.80. The highest BCUT2D eigenvalue weighted by Gasteiger charge is 2.42. The van der Waals surface area contributed by atoms with Gasteiger partial charge in [-0.15, -0.1) is 0 Å². The number of aromatic nitrogens is 2. The number of hydrogen-bond acceptors (Lipinski definition) is 6. The molecule has 0 aromatic carbocycles. The Kier molecular flexibility index (Phi) is 2.88. The Balaban J connectivity index is 2.27. The lowest BCUT2D eigenvalue weighted by Crippen LogP contribution is -2.50. The summed E-state index contributed by atoms with van der Waals surface area (Å²) in [5.41, 5.74) is 5.45. The van der Waals surface area contributed by atoms with Crippen molar-refractivity contribution in [1.82, 2.24) is 9.97 Å². The molecule has 0 spiro atoms. The van der Waals surface area contributed by atoms with Gasteiger partial charge in [0.05, 0.1) is 0 Å². The van der Waals surface area contributed by atoms with Crippen LogP contribution in [-0.4, -0.2) is 39.7 Å². The number of aryl methyl sites for hydroxylation is 1. The highest BCUT2D eigenvalue weighted by Crippen LogP contribution is 2.23. The van der Waals surface area contributed by atoms with Crippen molar-refractivity contribution in [2.24, 2.45) is 5.73 Å². The normalized spacial score (nSPS) is 22.8. The first-order valence-corrected chi connectivity index (χ1v) is 5.47. The fourth-order valence-electron chi connectivity index (χ4n) is 1.93. The molecule has 7 heteroatoms. The van der Waals surface area contributed by atoms with Crippen molar-refractivity contribution < 1.29 is 9.90 Å². The number of carboxylic acids is 1. The predicted molar refractivity (Wildman–Crippen MR) is 62.9 cm³/mol. The number of rotatable bonds is 2. The average molecular weight is 247 g/mol. The molecule has 3 N–H and O–H groups in total. The lowest BCUT2D eigenvalue weighted by Gasteiger charge is -2.20. The van der Waals surface area contributed by atoms with Crippen LogP contribution in [0.25, 0.3) is 0 Å². The van der Waals surface area contributed by atoms with Crippen molar-refractivity contribution in [1.29, 1.82) is 5.26 Å². The molecule has 94 valence electrons. The molecule has 7 nitrogen and oxygen atoms in total. The second kappa shape index (κ2) is 4.23. The maximum absolute atomic E-state index is 11.0. The summed E-state index contributed by atoms with van der Waals surface area (Å²) in [6.45, 7) is 2.38. The Bertz CT molecular complexity index is 539. The van der Waals surface area contributed by atoms with E-state index in [0.29, 0.717) is 24.6 Å². The van der Waals surface area contributed by atoms with Crippen LogP contribution in [0.15, 0.2) is 6.07 Å². The maximum atomic E-state index is 11.0. The van der Waals surface area contributed by atoms with Crippen LogP contribution in [0.2, 0.25) is 0 Å². The first-order chi connectivity index (χ1) is 8.44. The standard InChI is InChI=1S/C11H13N5O2/c1-7-4-8(5-12)15-10(14-7)16-3-2-11(13,6-16)9(17)18/h4H,2-3,6,13H2,1H3,(H,17,18). The second-order valence-electron chi connectivity index (χ2n) is 4.44. The Morgan fingerprint density at radius 1 is 1.67 bits per heavy atom. The number of aliphatic carboxylic acids is 1. The van der Waals surface area contributed by atoms with Crippen LogP contribution in [-0.2, 0) is 4.79 Å². The largest absolute Gasteiger partial charge is 0.480 e. The van der Waals surface area contributed by atoms with Gasteiger partial charge in [0.15, 0.2) is 0 Å². The fraction of sp³-hybridized carbons (Fsp3) is 0.455. The molecule has 0 radical (unpaired) electrons. The SMILES string of the molecule is Cc1cc(C#N)nc(N2CCC(N)(C(=O)O)C2)n1. The first kappa shape index (κ1) is 12.3. The highest BCUT2D eigenvalue weighted by atomic mass is 16.4. The van der Waals surface area contributed by atoms with E-state index in [1.165, 1.54) is 0 Å². The summed E-state index contributed by atoms with van der Waals surface area (Å²) in [4.78, 5) is 21.0. The summed E-state index contributed by atoms with van der Waals surface area (Å²) >= 11 is 0. The van der Waals surface area contributed by atoms with Crippen LogP contribution in [0.1, 0.15) is 17.8 Å². The molecule has 1 saturated heterocycles. The third-order valence-corrected chi connectivity index (χ3v) is 2.97. The van der Waals surface area contributed by atoms with E-state index < -0.39 is 11.5 Å². The molecule has 18 heavy (non-hydrogen) atoms. The van der Waals surface area contributed by atoms with E-state index in [9.17, 15) is 4.79 Å². The molecule has 2 rings (SSSR count). The van der Waals surface area contributed by atoms with E-state index >= 15 is 0 Å². The number of carbonyl (C=O) groups is 1. The van der Waals surface area contributed by atoms with E-state index in [2.05, 4.69) is 9.97 Å². The Hall–Kier alpha value is -2.20. The smallest absolute Gasteiger partial charge is 0.325 e. The van der Waals surface area contributed by atoms with Gasteiger partial charge in [-0.25, -0.2) is 9.97 Å². The number of anilines is 1. The fourth-order valence-corrected chi connectivity index (χ4v) is 1.93. The molecule has 2 heterocycles. The van der Waals surface area contributed by atoms with Gasteiger partial charge >= 0.3 is 5.97 Å². The lowest BCUT2D eigenvalue weighted by molar-refractivity contribution is -0.142. The quantitative estimate of drug-likeness (QED) is 0.733. The summed E-state index contributed by atoms with van der Waals surface area (Å²) in [5.74, 6) is -0.668. The summed E-state index contributed by atoms with van der Waals surface area (Å²) in [6, 6.07) is 3.53. The molecule has 1 aromatic heterocycles. The zero-order chi connectivity index (χ0) is 13.3. The number of nitriles is 1. The second-order valence-corrected chi connectivity index (χ2v) is 4.44. The lowest BCUT2D eigenvalue weighted by atomic mass is 10.0. The molecule has 1 aliphatic rings. The Morgan fingerprint density at radius 2 is 2.39 bits per heavy atom. The molecule has 1 fully saturated rings. The molecule has 0 saturated carbocycles. The summed E-state index contributed by atoms with van der Waals surface area (Å²) in [5, 5.41) is 17.9. The van der Waals surface area contributed by atoms with Gasteiger partial charge in [-0.05, 0) is 19.4 Å². The molecule has 1 unspecified atom stereocenters. The van der Waals surface area contributed by atoms with Crippen LogP contribution in [0.4, 0.5) is 5.95 Å². The summed E-state index contributed by atoms with van der Waals surface area (Å²) < 4.78 is 0. The minimum absolute atomic E-state index is 0.149. The molecular weight excluding hydrogens is 234 g/mol. The van der Waals surface area contributed by atoms with Gasteiger partial charge in [0, 0.05) is 18.8 Å².